The molecular formula is C17H20N2. The first-order valence-electron chi connectivity index (χ1n) is 7.33. The van der Waals surface area contributed by atoms with E-state index in [1.165, 1.54) is 48.9 Å². The highest BCUT2D eigenvalue weighted by molar-refractivity contribution is 5.65. The van der Waals surface area contributed by atoms with Crippen molar-refractivity contribution in [3.63, 3.8) is 0 Å². The van der Waals surface area contributed by atoms with Crippen LogP contribution < -0.4 is 0 Å². The van der Waals surface area contributed by atoms with Gasteiger partial charge in [0.2, 0.25) is 0 Å². The smallest absolute Gasteiger partial charge is 0.0752 e. The summed E-state index contributed by atoms with van der Waals surface area (Å²) in [6, 6.07) is 8.47. The van der Waals surface area contributed by atoms with Crippen LogP contribution in [0.2, 0.25) is 0 Å². The highest BCUT2D eigenvalue weighted by Gasteiger charge is 2.12. The number of fused-ring (bicyclic) bond motifs is 3. The van der Waals surface area contributed by atoms with Gasteiger partial charge in [0.05, 0.1) is 5.69 Å². The van der Waals surface area contributed by atoms with E-state index in [9.17, 15) is 0 Å². The normalized spacial score (nSPS) is 16.0. The summed E-state index contributed by atoms with van der Waals surface area (Å²) in [4.78, 5) is 9.21. The molecule has 0 atom stereocenters. The molecule has 0 bridgehead atoms. The number of aryl methyl sites for hydroxylation is 2. The van der Waals surface area contributed by atoms with Crippen molar-refractivity contribution >= 4 is 0 Å². The van der Waals surface area contributed by atoms with E-state index in [0.29, 0.717) is 0 Å². The number of aromatic nitrogens is 2. The van der Waals surface area contributed by atoms with Gasteiger partial charge in [0.1, 0.15) is 0 Å². The van der Waals surface area contributed by atoms with Crippen molar-refractivity contribution in [1.82, 2.24) is 9.97 Å². The van der Waals surface area contributed by atoms with Gasteiger partial charge in [0.15, 0.2) is 0 Å². The predicted molar refractivity (Wildman–Crippen MR) is 78.0 cm³/mol. The summed E-state index contributed by atoms with van der Waals surface area (Å²) in [7, 11) is 0. The van der Waals surface area contributed by atoms with Crippen molar-refractivity contribution in [2.45, 2.75) is 44.9 Å². The van der Waals surface area contributed by atoms with Crippen LogP contribution in [0.5, 0.6) is 0 Å². The van der Waals surface area contributed by atoms with E-state index in [1.54, 1.807) is 0 Å². The van der Waals surface area contributed by atoms with Gasteiger partial charge in [-0.3, -0.25) is 9.97 Å². The van der Waals surface area contributed by atoms with E-state index in [2.05, 4.69) is 28.2 Å². The first kappa shape index (κ1) is 12.3. The van der Waals surface area contributed by atoms with Crippen LogP contribution in [0.4, 0.5) is 0 Å². The topological polar surface area (TPSA) is 25.8 Å². The average molecular weight is 252 g/mol. The molecule has 0 aromatic carbocycles. The maximum absolute atomic E-state index is 4.63. The molecule has 3 rings (SSSR count). The lowest BCUT2D eigenvalue weighted by Gasteiger charge is -2.11. The third-order valence-electron chi connectivity index (χ3n) is 3.90. The molecule has 2 aromatic rings. The standard InChI is InChI=1S/C17H20N2/c1-2-4-8-14-9-6-13-19-17(14)15-10-7-12-18-16(15)11-5-3-1/h6-7,9-10,12-13H,1-5,8,11H2. The van der Waals surface area contributed by atoms with Crippen molar-refractivity contribution in [1.29, 1.82) is 0 Å². The summed E-state index contributed by atoms with van der Waals surface area (Å²) in [6.07, 6.45) is 12.5. The highest BCUT2D eigenvalue weighted by Crippen LogP contribution is 2.27. The van der Waals surface area contributed by atoms with Gasteiger partial charge in [0.25, 0.3) is 0 Å². The fourth-order valence-corrected chi connectivity index (χ4v) is 2.87. The van der Waals surface area contributed by atoms with E-state index >= 15 is 0 Å². The van der Waals surface area contributed by atoms with Crippen LogP contribution >= 0.6 is 0 Å². The van der Waals surface area contributed by atoms with E-state index in [-0.39, 0.29) is 0 Å². The van der Waals surface area contributed by atoms with Gasteiger partial charge >= 0.3 is 0 Å². The molecule has 2 nitrogen and oxygen atoms in total. The van der Waals surface area contributed by atoms with Crippen molar-refractivity contribution in [2.24, 2.45) is 0 Å². The molecule has 0 spiro atoms. The van der Waals surface area contributed by atoms with Crippen LogP contribution in [0, 0.1) is 0 Å². The Balaban J connectivity index is 2.07. The second kappa shape index (κ2) is 5.96. The summed E-state index contributed by atoms with van der Waals surface area (Å²) >= 11 is 0. The molecule has 2 heteroatoms. The first-order valence-corrected chi connectivity index (χ1v) is 7.33. The SMILES string of the molecule is c1cnc2c(c1)CCCCCCCc1ncccc1-2. The monoisotopic (exact) mass is 252 g/mol. The molecule has 0 radical (unpaired) electrons. The van der Waals surface area contributed by atoms with E-state index in [4.69, 9.17) is 0 Å². The van der Waals surface area contributed by atoms with Crippen LogP contribution in [-0.4, -0.2) is 9.97 Å². The summed E-state index contributed by atoms with van der Waals surface area (Å²) in [5.74, 6) is 0. The molecule has 1 aliphatic carbocycles. The number of pyridine rings is 2. The van der Waals surface area contributed by atoms with Gasteiger partial charge in [-0.1, -0.05) is 25.3 Å². The zero-order valence-electron chi connectivity index (χ0n) is 11.3. The van der Waals surface area contributed by atoms with Crippen molar-refractivity contribution in [3.05, 3.63) is 47.9 Å². The lowest BCUT2D eigenvalue weighted by atomic mass is 9.99. The van der Waals surface area contributed by atoms with E-state index in [1.807, 2.05) is 18.5 Å². The zero-order chi connectivity index (χ0) is 12.9. The molecule has 1 aliphatic rings. The first-order chi connectivity index (χ1) is 9.45. The molecule has 0 amide bonds. The number of hydrogen-bond donors (Lipinski definition) is 0. The largest absolute Gasteiger partial charge is 0.261 e. The minimum Gasteiger partial charge on any atom is -0.261 e. The summed E-state index contributed by atoms with van der Waals surface area (Å²) in [5.41, 5.74) is 4.97. The maximum atomic E-state index is 4.63. The summed E-state index contributed by atoms with van der Waals surface area (Å²) in [6.45, 7) is 0. The Morgan fingerprint density at radius 3 is 2.42 bits per heavy atom. The molecule has 0 aliphatic heterocycles. The molecule has 2 aromatic heterocycles. The van der Waals surface area contributed by atoms with Gasteiger partial charge in [-0.2, -0.15) is 0 Å². The van der Waals surface area contributed by atoms with Crippen LogP contribution in [-0.2, 0) is 12.8 Å². The van der Waals surface area contributed by atoms with Crippen molar-refractivity contribution < 1.29 is 0 Å². The molecule has 98 valence electrons. The summed E-state index contributed by atoms with van der Waals surface area (Å²) < 4.78 is 0. The van der Waals surface area contributed by atoms with Crippen molar-refractivity contribution in [2.75, 3.05) is 0 Å². The molecule has 0 saturated heterocycles. The van der Waals surface area contributed by atoms with Crippen molar-refractivity contribution in [3.8, 4) is 11.3 Å². The molecule has 0 unspecified atom stereocenters. The minimum atomic E-state index is 1.08. The Kier molecular flexibility index (Phi) is 3.87. The fraction of sp³-hybridized carbons (Fsp3) is 0.412. The predicted octanol–water partition coefficient (Wildman–Crippen LogP) is 4.19. The van der Waals surface area contributed by atoms with Gasteiger partial charge in [-0.25, -0.2) is 0 Å². The second-order valence-corrected chi connectivity index (χ2v) is 5.28. The Labute approximate surface area is 114 Å². The fourth-order valence-electron chi connectivity index (χ4n) is 2.87. The van der Waals surface area contributed by atoms with Crippen LogP contribution in [0.3, 0.4) is 0 Å². The average Bonchev–Trinajstić information content (AvgIpc) is 2.50. The Hall–Kier alpha value is -1.70. The minimum absolute atomic E-state index is 1.08. The third-order valence-corrected chi connectivity index (χ3v) is 3.90. The van der Waals surface area contributed by atoms with Gasteiger partial charge < -0.3 is 0 Å². The van der Waals surface area contributed by atoms with E-state index in [0.717, 1.165) is 18.5 Å². The van der Waals surface area contributed by atoms with Gasteiger partial charge in [0, 0.05) is 23.7 Å². The quantitative estimate of drug-likeness (QED) is 0.702. The molecular weight excluding hydrogens is 232 g/mol. The molecule has 0 N–H and O–H groups in total. The second-order valence-electron chi connectivity index (χ2n) is 5.28. The Bertz CT molecular complexity index is 499. The van der Waals surface area contributed by atoms with Crippen LogP contribution in [0.15, 0.2) is 36.7 Å². The Morgan fingerprint density at radius 1 is 0.737 bits per heavy atom. The summed E-state index contributed by atoms with van der Waals surface area (Å²) in [5, 5.41) is 0. The lowest BCUT2D eigenvalue weighted by molar-refractivity contribution is 0.613. The maximum Gasteiger partial charge on any atom is 0.0752 e. The zero-order valence-corrected chi connectivity index (χ0v) is 11.3. The van der Waals surface area contributed by atoms with Gasteiger partial charge in [-0.15, -0.1) is 0 Å². The molecule has 19 heavy (non-hydrogen) atoms. The Morgan fingerprint density at radius 2 is 1.47 bits per heavy atom. The van der Waals surface area contributed by atoms with Crippen LogP contribution in [0.25, 0.3) is 11.3 Å². The molecule has 0 saturated carbocycles. The highest BCUT2D eigenvalue weighted by atomic mass is 14.7. The van der Waals surface area contributed by atoms with Crippen LogP contribution in [0.1, 0.15) is 43.4 Å². The number of nitrogens with zero attached hydrogens (tertiary/aromatic N) is 2. The lowest BCUT2D eigenvalue weighted by Crippen LogP contribution is -1.98. The number of rotatable bonds is 0. The molecule has 2 heterocycles. The van der Waals surface area contributed by atoms with E-state index < -0.39 is 0 Å². The number of hydrogen-bond acceptors (Lipinski definition) is 2. The molecule has 0 fully saturated rings. The third kappa shape index (κ3) is 2.83. The van der Waals surface area contributed by atoms with Gasteiger partial charge in [-0.05, 0) is 49.4 Å².